The third-order valence-electron chi connectivity index (χ3n) is 7.13. The number of nitrogens with zero attached hydrogens (tertiary/aromatic N) is 1. The quantitative estimate of drug-likeness (QED) is 0.611. The third-order valence-corrected chi connectivity index (χ3v) is 7.13. The fourth-order valence-electron chi connectivity index (χ4n) is 5.44. The molecule has 2 aromatic rings. The van der Waals surface area contributed by atoms with Crippen LogP contribution in [0.4, 0.5) is 0 Å². The molecule has 5 nitrogen and oxygen atoms in total. The summed E-state index contributed by atoms with van der Waals surface area (Å²) < 4.78 is 11.6. The van der Waals surface area contributed by atoms with Crippen molar-refractivity contribution in [2.24, 2.45) is 5.92 Å². The summed E-state index contributed by atoms with van der Waals surface area (Å²) in [6, 6.07) is 16.7. The van der Waals surface area contributed by atoms with E-state index in [2.05, 4.69) is 41.3 Å². The van der Waals surface area contributed by atoms with E-state index >= 15 is 0 Å². The lowest BCUT2D eigenvalue weighted by atomic mass is 9.92. The number of piperidine rings is 1. The van der Waals surface area contributed by atoms with Crippen LogP contribution in [0.1, 0.15) is 44.1 Å². The van der Waals surface area contributed by atoms with Crippen LogP contribution in [0.5, 0.6) is 5.75 Å². The van der Waals surface area contributed by atoms with Crippen LogP contribution in [0.3, 0.4) is 0 Å². The molecule has 1 aliphatic heterocycles. The zero-order chi connectivity index (χ0) is 22.3. The highest BCUT2D eigenvalue weighted by molar-refractivity contribution is 5.64. The Morgan fingerprint density at radius 2 is 1.59 bits per heavy atom. The molecular weight excluding hydrogens is 402 g/mol. The standard InChI is InChI=1S/C27H37NO4/c1-31-23-13-11-22(12-14-23)21-9-7-20(8-10-21)19-32-26-18-25(30)27(24(26)6-5-17-29)28-15-3-2-4-16-28/h7-14,24-27,29-30H,2-6,15-19H2,1H3/t24-,25-,26-,27+/m1/s1. The van der Waals surface area contributed by atoms with E-state index in [9.17, 15) is 10.2 Å². The second-order valence-electron chi connectivity index (χ2n) is 9.19. The van der Waals surface area contributed by atoms with Crippen molar-refractivity contribution in [3.05, 3.63) is 54.1 Å². The Kier molecular flexibility index (Phi) is 8.20. The van der Waals surface area contributed by atoms with Crippen LogP contribution in [0.15, 0.2) is 48.5 Å². The Morgan fingerprint density at radius 3 is 2.22 bits per heavy atom. The first-order chi connectivity index (χ1) is 15.7. The van der Waals surface area contributed by atoms with Crippen molar-refractivity contribution < 1.29 is 19.7 Å². The second-order valence-corrected chi connectivity index (χ2v) is 9.19. The number of methoxy groups -OCH3 is 1. The maximum Gasteiger partial charge on any atom is 0.118 e. The van der Waals surface area contributed by atoms with Gasteiger partial charge in [-0.15, -0.1) is 0 Å². The van der Waals surface area contributed by atoms with Gasteiger partial charge >= 0.3 is 0 Å². The molecule has 1 saturated carbocycles. The molecular formula is C27H37NO4. The molecule has 1 aliphatic carbocycles. The van der Waals surface area contributed by atoms with Gasteiger partial charge in [-0.25, -0.2) is 0 Å². The molecule has 0 radical (unpaired) electrons. The van der Waals surface area contributed by atoms with Gasteiger partial charge in [0.15, 0.2) is 0 Å². The maximum absolute atomic E-state index is 10.9. The average molecular weight is 440 g/mol. The number of hydrogen-bond donors (Lipinski definition) is 2. The Balaban J connectivity index is 1.38. The van der Waals surface area contributed by atoms with Gasteiger partial charge in [0.2, 0.25) is 0 Å². The fourth-order valence-corrected chi connectivity index (χ4v) is 5.44. The number of rotatable bonds is 9. The lowest BCUT2D eigenvalue weighted by Crippen LogP contribution is -2.47. The van der Waals surface area contributed by atoms with Crippen LogP contribution < -0.4 is 4.74 Å². The van der Waals surface area contributed by atoms with Gasteiger partial charge in [-0.1, -0.05) is 42.8 Å². The van der Waals surface area contributed by atoms with Crippen molar-refractivity contribution in [3.8, 4) is 16.9 Å². The minimum absolute atomic E-state index is 0.0322. The number of hydrogen-bond acceptors (Lipinski definition) is 5. The maximum atomic E-state index is 10.9. The molecule has 2 aromatic carbocycles. The summed E-state index contributed by atoms with van der Waals surface area (Å²) in [7, 11) is 1.68. The molecule has 174 valence electrons. The van der Waals surface area contributed by atoms with Gasteiger partial charge in [0.25, 0.3) is 0 Å². The molecule has 0 bridgehead atoms. The predicted octanol–water partition coefficient (Wildman–Crippen LogP) is 4.26. The summed E-state index contributed by atoms with van der Waals surface area (Å²) in [5.41, 5.74) is 3.46. The molecule has 4 rings (SSSR count). The summed E-state index contributed by atoms with van der Waals surface area (Å²) in [5.74, 6) is 1.13. The van der Waals surface area contributed by atoms with E-state index in [4.69, 9.17) is 9.47 Å². The fraction of sp³-hybridized carbons (Fsp3) is 0.556. The molecule has 32 heavy (non-hydrogen) atoms. The molecule has 0 amide bonds. The Labute approximate surface area is 192 Å². The smallest absolute Gasteiger partial charge is 0.118 e. The van der Waals surface area contributed by atoms with Crippen molar-refractivity contribution in [2.75, 3.05) is 26.8 Å². The first kappa shape index (κ1) is 23.2. The number of likely N-dealkylation sites (tertiary alicyclic amines) is 1. The average Bonchev–Trinajstić information content (AvgIpc) is 3.17. The van der Waals surface area contributed by atoms with Gasteiger partial charge in [-0.05, 0) is 67.6 Å². The lowest BCUT2D eigenvalue weighted by molar-refractivity contribution is -0.00705. The molecule has 1 saturated heterocycles. The third kappa shape index (κ3) is 5.52. The lowest BCUT2D eigenvalue weighted by Gasteiger charge is -2.38. The molecule has 2 fully saturated rings. The van der Waals surface area contributed by atoms with E-state index in [0.717, 1.165) is 42.8 Å². The van der Waals surface area contributed by atoms with Crippen LogP contribution in [0.2, 0.25) is 0 Å². The highest BCUT2D eigenvalue weighted by atomic mass is 16.5. The monoisotopic (exact) mass is 439 g/mol. The summed E-state index contributed by atoms with van der Waals surface area (Å²) in [6.07, 6.45) is 5.73. The molecule has 5 heteroatoms. The van der Waals surface area contributed by atoms with E-state index < -0.39 is 0 Å². The van der Waals surface area contributed by atoms with Gasteiger partial charge in [0, 0.05) is 25.0 Å². The van der Waals surface area contributed by atoms with E-state index in [-0.39, 0.29) is 30.8 Å². The van der Waals surface area contributed by atoms with E-state index in [1.807, 2.05) is 12.1 Å². The molecule has 2 N–H and O–H groups in total. The van der Waals surface area contributed by atoms with E-state index in [1.165, 1.54) is 24.8 Å². The molecule has 1 heterocycles. The zero-order valence-electron chi connectivity index (χ0n) is 19.2. The van der Waals surface area contributed by atoms with Gasteiger partial charge in [0.05, 0.1) is 25.9 Å². The summed E-state index contributed by atoms with van der Waals surface area (Å²) in [4.78, 5) is 2.48. The van der Waals surface area contributed by atoms with Crippen LogP contribution in [-0.2, 0) is 11.3 Å². The van der Waals surface area contributed by atoms with Crippen molar-refractivity contribution in [3.63, 3.8) is 0 Å². The molecule has 0 unspecified atom stereocenters. The number of benzene rings is 2. The minimum Gasteiger partial charge on any atom is -0.497 e. The van der Waals surface area contributed by atoms with Crippen LogP contribution in [-0.4, -0.2) is 60.2 Å². The van der Waals surface area contributed by atoms with Crippen LogP contribution in [0, 0.1) is 5.92 Å². The van der Waals surface area contributed by atoms with E-state index in [1.54, 1.807) is 7.11 Å². The Hall–Kier alpha value is -1.92. The van der Waals surface area contributed by atoms with Crippen molar-refractivity contribution in [1.29, 1.82) is 0 Å². The summed E-state index contributed by atoms with van der Waals surface area (Å²) in [6.45, 7) is 2.87. The van der Waals surface area contributed by atoms with Gasteiger partial charge in [-0.3, -0.25) is 4.90 Å². The summed E-state index contributed by atoms with van der Waals surface area (Å²) in [5, 5.41) is 20.3. The molecule has 0 aromatic heterocycles. The first-order valence-corrected chi connectivity index (χ1v) is 12.1. The van der Waals surface area contributed by atoms with E-state index in [0.29, 0.717) is 13.0 Å². The van der Waals surface area contributed by atoms with Crippen molar-refractivity contribution in [2.45, 2.75) is 63.4 Å². The van der Waals surface area contributed by atoms with Crippen LogP contribution >= 0.6 is 0 Å². The summed E-state index contributed by atoms with van der Waals surface area (Å²) >= 11 is 0. The first-order valence-electron chi connectivity index (χ1n) is 12.1. The normalized spacial score (nSPS) is 26.3. The highest BCUT2D eigenvalue weighted by Crippen LogP contribution is 2.37. The largest absolute Gasteiger partial charge is 0.497 e. The number of aliphatic hydroxyl groups excluding tert-OH is 2. The van der Waals surface area contributed by atoms with Crippen LogP contribution in [0.25, 0.3) is 11.1 Å². The van der Waals surface area contributed by atoms with Gasteiger partial charge in [0.1, 0.15) is 5.75 Å². The van der Waals surface area contributed by atoms with Gasteiger partial charge in [-0.2, -0.15) is 0 Å². The molecule has 2 aliphatic rings. The second kappa shape index (κ2) is 11.3. The molecule has 4 atom stereocenters. The number of aliphatic hydroxyl groups is 2. The minimum atomic E-state index is -0.348. The predicted molar refractivity (Wildman–Crippen MR) is 127 cm³/mol. The van der Waals surface area contributed by atoms with Gasteiger partial charge < -0.3 is 19.7 Å². The Bertz CT molecular complexity index is 817. The Morgan fingerprint density at radius 1 is 0.938 bits per heavy atom. The molecule has 0 spiro atoms. The highest BCUT2D eigenvalue weighted by Gasteiger charge is 2.45. The SMILES string of the molecule is COc1ccc(-c2ccc(CO[C@@H]3C[C@@H](O)[C@@H](N4CCCCC4)[C@@H]3CCCO)cc2)cc1. The topological polar surface area (TPSA) is 62.2 Å². The number of ether oxygens (including phenoxy) is 2. The van der Waals surface area contributed by atoms with Crippen molar-refractivity contribution >= 4 is 0 Å². The van der Waals surface area contributed by atoms with Crippen molar-refractivity contribution in [1.82, 2.24) is 4.90 Å². The zero-order valence-corrected chi connectivity index (χ0v) is 19.2.